The van der Waals surface area contributed by atoms with Crippen LogP contribution in [-0.4, -0.2) is 16.5 Å². The zero-order valence-corrected chi connectivity index (χ0v) is 12.6. The Morgan fingerprint density at radius 3 is 2.61 bits per heavy atom. The summed E-state index contributed by atoms with van der Waals surface area (Å²) in [5.74, 6) is 1.75. The molecule has 0 spiro atoms. The first kappa shape index (κ1) is 14.9. The number of rotatable bonds is 5. The van der Waals surface area contributed by atoms with Gasteiger partial charge in [0.25, 0.3) is 5.69 Å². The van der Waals surface area contributed by atoms with Crippen LogP contribution in [0.2, 0.25) is 0 Å². The smallest absolute Gasteiger partial charge is 0.291 e. The lowest BCUT2D eigenvalue weighted by Gasteiger charge is -2.17. The van der Waals surface area contributed by atoms with Gasteiger partial charge < -0.3 is 5.32 Å². The molecule has 0 aromatic carbocycles. The zero-order chi connectivity index (χ0) is 13.9. The number of pyridine rings is 1. The molecule has 18 heavy (non-hydrogen) atoms. The molecule has 1 aromatic heterocycles. The fourth-order valence-corrected chi connectivity index (χ4v) is 1.82. The Balaban J connectivity index is 2.86. The number of hydrogen-bond donors (Lipinski definition) is 1. The molecule has 0 aliphatic heterocycles. The lowest BCUT2D eigenvalue weighted by Crippen LogP contribution is -2.17. The Labute approximate surface area is 115 Å². The van der Waals surface area contributed by atoms with Gasteiger partial charge in [-0.1, -0.05) is 20.8 Å². The highest BCUT2D eigenvalue weighted by molar-refractivity contribution is 9.10. The molecule has 1 aromatic rings. The van der Waals surface area contributed by atoms with Crippen LogP contribution < -0.4 is 5.32 Å². The SMILES string of the molecule is Cc1c([N+](=O)[O-])cnc(NCC(C)C(C)C)c1Br. The zero-order valence-electron chi connectivity index (χ0n) is 11.0. The van der Waals surface area contributed by atoms with Gasteiger partial charge in [-0.05, 0) is 34.7 Å². The van der Waals surface area contributed by atoms with Crippen LogP contribution in [0.5, 0.6) is 0 Å². The van der Waals surface area contributed by atoms with Crippen molar-refractivity contribution in [1.82, 2.24) is 4.98 Å². The quantitative estimate of drug-likeness (QED) is 0.663. The molecule has 1 unspecified atom stereocenters. The number of nitrogens with one attached hydrogen (secondary N) is 1. The average molecular weight is 316 g/mol. The summed E-state index contributed by atoms with van der Waals surface area (Å²) in [6.07, 6.45) is 1.29. The third-order valence-electron chi connectivity index (χ3n) is 3.16. The Bertz CT molecular complexity index is 449. The average Bonchev–Trinajstić information content (AvgIpc) is 2.30. The minimum atomic E-state index is -0.423. The normalized spacial score (nSPS) is 12.6. The van der Waals surface area contributed by atoms with E-state index in [9.17, 15) is 10.1 Å². The highest BCUT2D eigenvalue weighted by atomic mass is 79.9. The van der Waals surface area contributed by atoms with Crippen molar-refractivity contribution in [2.24, 2.45) is 11.8 Å². The highest BCUT2D eigenvalue weighted by Crippen LogP contribution is 2.30. The van der Waals surface area contributed by atoms with Crippen LogP contribution in [0.1, 0.15) is 26.3 Å². The molecule has 6 heteroatoms. The van der Waals surface area contributed by atoms with Crippen LogP contribution in [0.4, 0.5) is 11.5 Å². The predicted octanol–water partition coefficient (Wildman–Crippen LogP) is 3.76. The Morgan fingerprint density at radius 2 is 2.11 bits per heavy atom. The first-order valence-electron chi connectivity index (χ1n) is 5.88. The van der Waals surface area contributed by atoms with E-state index in [1.165, 1.54) is 6.20 Å². The highest BCUT2D eigenvalue weighted by Gasteiger charge is 2.17. The van der Waals surface area contributed by atoms with Crippen molar-refractivity contribution in [1.29, 1.82) is 0 Å². The number of aromatic nitrogens is 1. The Kier molecular flexibility index (Phi) is 5.07. The van der Waals surface area contributed by atoms with Gasteiger partial charge in [-0.3, -0.25) is 10.1 Å². The van der Waals surface area contributed by atoms with E-state index in [0.717, 1.165) is 6.54 Å². The van der Waals surface area contributed by atoms with Crippen LogP contribution in [0.3, 0.4) is 0 Å². The monoisotopic (exact) mass is 315 g/mol. The topological polar surface area (TPSA) is 68.1 Å². The summed E-state index contributed by atoms with van der Waals surface area (Å²) in [6, 6.07) is 0. The molecular weight excluding hydrogens is 298 g/mol. The molecule has 0 aliphatic carbocycles. The Morgan fingerprint density at radius 1 is 1.50 bits per heavy atom. The molecule has 0 bridgehead atoms. The second kappa shape index (κ2) is 6.13. The third-order valence-corrected chi connectivity index (χ3v) is 4.13. The van der Waals surface area contributed by atoms with Crippen LogP contribution in [0.25, 0.3) is 0 Å². The van der Waals surface area contributed by atoms with Crippen LogP contribution in [0.15, 0.2) is 10.7 Å². The largest absolute Gasteiger partial charge is 0.369 e. The maximum atomic E-state index is 10.8. The van der Waals surface area contributed by atoms with E-state index >= 15 is 0 Å². The molecular formula is C12H18BrN3O2. The molecule has 0 fully saturated rings. The van der Waals surface area contributed by atoms with Crippen molar-refractivity contribution >= 4 is 27.4 Å². The molecule has 1 heterocycles. The van der Waals surface area contributed by atoms with Gasteiger partial charge in [0.15, 0.2) is 0 Å². The van der Waals surface area contributed by atoms with Gasteiger partial charge in [-0.2, -0.15) is 0 Å². The van der Waals surface area contributed by atoms with E-state index in [2.05, 4.69) is 47.0 Å². The molecule has 100 valence electrons. The number of halogens is 1. The second-order valence-electron chi connectivity index (χ2n) is 4.79. The summed E-state index contributed by atoms with van der Waals surface area (Å²) in [6.45, 7) is 8.98. The fourth-order valence-electron chi connectivity index (χ4n) is 1.37. The van der Waals surface area contributed by atoms with Crippen LogP contribution >= 0.6 is 15.9 Å². The second-order valence-corrected chi connectivity index (χ2v) is 5.58. The molecule has 1 atom stereocenters. The summed E-state index contributed by atoms with van der Waals surface area (Å²) < 4.78 is 0.660. The molecule has 1 N–H and O–H groups in total. The minimum absolute atomic E-state index is 0.0318. The number of hydrogen-bond acceptors (Lipinski definition) is 4. The van der Waals surface area contributed by atoms with Gasteiger partial charge in [-0.25, -0.2) is 4.98 Å². The predicted molar refractivity (Wildman–Crippen MR) is 75.8 cm³/mol. The van der Waals surface area contributed by atoms with Crippen molar-refractivity contribution in [2.75, 3.05) is 11.9 Å². The van der Waals surface area contributed by atoms with E-state index in [4.69, 9.17) is 0 Å². The summed E-state index contributed by atoms with van der Waals surface area (Å²) in [5, 5.41) is 14.0. The van der Waals surface area contributed by atoms with Crippen molar-refractivity contribution in [3.05, 3.63) is 26.3 Å². The van der Waals surface area contributed by atoms with E-state index in [0.29, 0.717) is 27.7 Å². The summed E-state index contributed by atoms with van der Waals surface area (Å²) >= 11 is 3.36. The van der Waals surface area contributed by atoms with E-state index in [1.54, 1.807) is 6.92 Å². The van der Waals surface area contributed by atoms with Gasteiger partial charge >= 0.3 is 0 Å². The summed E-state index contributed by atoms with van der Waals surface area (Å²) in [7, 11) is 0. The number of nitrogens with zero attached hydrogens (tertiary/aromatic N) is 2. The molecule has 0 aliphatic rings. The van der Waals surface area contributed by atoms with Crippen molar-refractivity contribution in [2.45, 2.75) is 27.7 Å². The van der Waals surface area contributed by atoms with E-state index in [1.807, 2.05) is 0 Å². The molecule has 0 radical (unpaired) electrons. The van der Waals surface area contributed by atoms with Crippen molar-refractivity contribution < 1.29 is 4.92 Å². The molecule has 5 nitrogen and oxygen atoms in total. The van der Waals surface area contributed by atoms with E-state index in [-0.39, 0.29) is 5.69 Å². The molecule has 0 saturated carbocycles. The van der Waals surface area contributed by atoms with Crippen LogP contribution in [-0.2, 0) is 0 Å². The van der Waals surface area contributed by atoms with Gasteiger partial charge in [-0.15, -0.1) is 0 Å². The molecule has 1 rings (SSSR count). The van der Waals surface area contributed by atoms with Gasteiger partial charge in [0.05, 0.1) is 9.40 Å². The lowest BCUT2D eigenvalue weighted by atomic mass is 9.98. The standard InChI is InChI=1S/C12H18BrN3O2/c1-7(2)8(3)5-14-12-11(13)9(4)10(6-15-12)16(17)18/h6-8H,5H2,1-4H3,(H,14,15). The van der Waals surface area contributed by atoms with Gasteiger partial charge in [0, 0.05) is 12.1 Å². The van der Waals surface area contributed by atoms with Crippen molar-refractivity contribution in [3.63, 3.8) is 0 Å². The van der Waals surface area contributed by atoms with Crippen LogP contribution in [0, 0.1) is 28.9 Å². The van der Waals surface area contributed by atoms with Crippen molar-refractivity contribution in [3.8, 4) is 0 Å². The van der Waals surface area contributed by atoms with E-state index < -0.39 is 4.92 Å². The van der Waals surface area contributed by atoms with Gasteiger partial charge in [0.1, 0.15) is 12.0 Å². The summed E-state index contributed by atoms with van der Waals surface area (Å²) in [5.41, 5.74) is 0.624. The number of nitro groups is 1. The van der Waals surface area contributed by atoms with Gasteiger partial charge in [0.2, 0.25) is 0 Å². The molecule has 0 saturated heterocycles. The molecule has 0 amide bonds. The fraction of sp³-hybridized carbons (Fsp3) is 0.583. The third kappa shape index (κ3) is 3.41. The first-order valence-corrected chi connectivity index (χ1v) is 6.67. The maximum Gasteiger partial charge on any atom is 0.291 e. The minimum Gasteiger partial charge on any atom is -0.369 e. The maximum absolute atomic E-state index is 10.8. The first-order chi connectivity index (χ1) is 8.34. The number of anilines is 1. The lowest BCUT2D eigenvalue weighted by molar-refractivity contribution is -0.385. The summed E-state index contributed by atoms with van der Waals surface area (Å²) in [4.78, 5) is 14.4. The Hall–Kier alpha value is -1.17.